The zero-order valence-corrected chi connectivity index (χ0v) is 10.7. The Morgan fingerprint density at radius 2 is 2.13 bits per heavy atom. The number of nitrogens with two attached hydrogens (primary N) is 1. The Morgan fingerprint density at radius 1 is 1.53 bits per heavy atom. The van der Waals surface area contributed by atoms with Gasteiger partial charge in [-0.15, -0.1) is 11.3 Å². The Balaban J connectivity index is 2.81. The van der Waals surface area contributed by atoms with Crippen molar-refractivity contribution in [2.75, 3.05) is 0 Å². The number of halogens is 1. The van der Waals surface area contributed by atoms with Gasteiger partial charge in [-0.05, 0) is 41.2 Å². The molecule has 1 rings (SSSR count). The van der Waals surface area contributed by atoms with E-state index >= 15 is 0 Å². The predicted molar refractivity (Wildman–Crippen MR) is 62.8 cm³/mol. The first kappa shape index (κ1) is 12.2. The summed E-state index contributed by atoms with van der Waals surface area (Å²) >= 11 is 4.66. The summed E-state index contributed by atoms with van der Waals surface area (Å²) in [6, 6.07) is 1.68. The molecule has 1 heterocycles. The van der Waals surface area contributed by atoms with Crippen molar-refractivity contribution in [3.05, 3.63) is 20.8 Å². The smallest absolute Gasteiger partial charge is 0.254 e. The number of hydrogen-bond donors (Lipinski definition) is 2. The maximum Gasteiger partial charge on any atom is 0.254 e. The van der Waals surface area contributed by atoms with Crippen molar-refractivity contribution >= 4 is 39.1 Å². The second-order valence-corrected chi connectivity index (χ2v) is 5.79. The summed E-state index contributed by atoms with van der Waals surface area (Å²) in [6.07, 6.45) is 0. The van der Waals surface area contributed by atoms with Gasteiger partial charge in [0, 0.05) is 0 Å². The first-order chi connectivity index (χ1) is 6.84. The maximum atomic E-state index is 11.7. The van der Waals surface area contributed by atoms with Gasteiger partial charge in [-0.3, -0.25) is 9.59 Å². The zero-order chi connectivity index (χ0) is 11.6. The zero-order valence-electron chi connectivity index (χ0n) is 8.33. The number of carbonyl (C=O) groups excluding carboxylic acids is 2. The van der Waals surface area contributed by atoms with E-state index in [0.29, 0.717) is 5.56 Å². The maximum absolute atomic E-state index is 11.7. The molecule has 2 amide bonds. The quantitative estimate of drug-likeness (QED) is 0.886. The molecule has 1 aromatic heterocycles. The van der Waals surface area contributed by atoms with E-state index in [1.165, 1.54) is 11.3 Å². The summed E-state index contributed by atoms with van der Waals surface area (Å²) < 4.78 is 0.736. The molecule has 6 heteroatoms. The monoisotopic (exact) mass is 290 g/mol. The van der Waals surface area contributed by atoms with Gasteiger partial charge in [-0.1, -0.05) is 0 Å². The van der Waals surface area contributed by atoms with E-state index in [-0.39, 0.29) is 5.91 Å². The number of nitrogens with one attached hydrogen (secondary N) is 1. The topological polar surface area (TPSA) is 72.2 Å². The average Bonchev–Trinajstić information content (AvgIpc) is 2.50. The van der Waals surface area contributed by atoms with E-state index in [2.05, 4.69) is 21.2 Å². The summed E-state index contributed by atoms with van der Waals surface area (Å²) in [4.78, 5) is 22.7. The average molecular weight is 291 g/mol. The molecule has 0 saturated heterocycles. The van der Waals surface area contributed by atoms with Crippen molar-refractivity contribution in [3.8, 4) is 0 Å². The van der Waals surface area contributed by atoms with E-state index in [1.807, 2.05) is 0 Å². The van der Waals surface area contributed by atoms with Gasteiger partial charge in [0.25, 0.3) is 5.91 Å². The van der Waals surface area contributed by atoms with E-state index in [1.54, 1.807) is 25.3 Å². The molecule has 15 heavy (non-hydrogen) atoms. The van der Waals surface area contributed by atoms with Crippen LogP contribution in [0.3, 0.4) is 0 Å². The van der Waals surface area contributed by atoms with Gasteiger partial charge in [0.2, 0.25) is 5.91 Å². The normalized spacial score (nSPS) is 11.1. The molecule has 3 N–H and O–H groups in total. The van der Waals surface area contributed by atoms with Crippen LogP contribution >= 0.6 is 27.3 Å². The van der Waals surface area contributed by atoms with Gasteiger partial charge in [0.1, 0.15) is 5.54 Å². The Hall–Kier alpha value is -0.880. The van der Waals surface area contributed by atoms with Gasteiger partial charge >= 0.3 is 0 Å². The van der Waals surface area contributed by atoms with Crippen LogP contribution in [0, 0.1) is 0 Å². The Labute approximate surface area is 100.0 Å². The van der Waals surface area contributed by atoms with Crippen LogP contribution in [-0.2, 0) is 4.79 Å². The molecular weight excluding hydrogens is 280 g/mol. The van der Waals surface area contributed by atoms with E-state index < -0.39 is 11.4 Å². The van der Waals surface area contributed by atoms with Crippen molar-refractivity contribution in [3.63, 3.8) is 0 Å². The highest BCUT2D eigenvalue weighted by molar-refractivity contribution is 9.11. The summed E-state index contributed by atoms with van der Waals surface area (Å²) in [7, 11) is 0. The summed E-state index contributed by atoms with van der Waals surface area (Å²) in [5.74, 6) is -0.880. The van der Waals surface area contributed by atoms with Gasteiger partial charge in [0.05, 0.1) is 9.35 Å². The van der Waals surface area contributed by atoms with Gasteiger partial charge < -0.3 is 11.1 Å². The molecular formula is C9H11BrN2O2S. The number of carbonyl (C=O) groups is 2. The van der Waals surface area contributed by atoms with Gasteiger partial charge in [-0.25, -0.2) is 0 Å². The van der Waals surface area contributed by atoms with Crippen LogP contribution in [0.2, 0.25) is 0 Å². The van der Waals surface area contributed by atoms with Crippen molar-refractivity contribution in [1.29, 1.82) is 0 Å². The van der Waals surface area contributed by atoms with E-state index in [4.69, 9.17) is 5.73 Å². The molecule has 0 radical (unpaired) electrons. The molecule has 0 bridgehead atoms. The first-order valence-electron chi connectivity index (χ1n) is 4.20. The molecule has 0 aliphatic rings. The van der Waals surface area contributed by atoms with Crippen LogP contribution in [0.15, 0.2) is 15.2 Å². The SMILES string of the molecule is CC(C)(NC(=O)c1ccsc1Br)C(N)=O. The fourth-order valence-corrected chi connectivity index (χ4v) is 2.12. The van der Waals surface area contributed by atoms with Crippen molar-refractivity contribution < 1.29 is 9.59 Å². The number of primary amides is 1. The van der Waals surface area contributed by atoms with Gasteiger partial charge in [0.15, 0.2) is 0 Å². The van der Waals surface area contributed by atoms with Crippen LogP contribution in [0.25, 0.3) is 0 Å². The van der Waals surface area contributed by atoms with Gasteiger partial charge in [-0.2, -0.15) is 0 Å². The van der Waals surface area contributed by atoms with Crippen LogP contribution < -0.4 is 11.1 Å². The summed E-state index contributed by atoms with van der Waals surface area (Å²) in [5.41, 5.74) is 4.61. The van der Waals surface area contributed by atoms with Crippen LogP contribution in [0.1, 0.15) is 24.2 Å². The van der Waals surface area contributed by atoms with Crippen molar-refractivity contribution in [2.45, 2.75) is 19.4 Å². The second kappa shape index (κ2) is 4.32. The van der Waals surface area contributed by atoms with Crippen molar-refractivity contribution in [2.24, 2.45) is 5.73 Å². The lowest BCUT2D eigenvalue weighted by Crippen LogP contribution is -2.52. The lowest BCUT2D eigenvalue weighted by atomic mass is 10.0. The summed E-state index contributed by atoms with van der Waals surface area (Å²) in [6.45, 7) is 3.13. The molecule has 0 atom stereocenters. The molecule has 4 nitrogen and oxygen atoms in total. The van der Waals surface area contributed by atoms with Crippen molar-refractivity contribution in [1.82, 2.24) is 5.32 Å². The number of hydrogen-bond acceptors (Lipinski definition) is 3. The first-order valence-corrected chi connectivity index (χ1v) is 5.87. The molecule has 0 aliphatic carbocycles. The highest BCUT2D eigenvalue weighted by Gasteiger charge is 2.28. The molecule has 82 valence electrons. The number of amides is 2. The van der Waals surface area contributed by atoms with E-state index in [9.17, 15) is 9.59 Å². The molecule has 0 spiro atoms. The fourth-order valence-electron chi connectivity index (χ4n) is 0.869. The summed E-state index contributed by atoms with van der Waals surface area (Å²) in [5, 5.41) is 4.35. The standard InChI is InChI=1S/C9H11BrN2O2S/c1-9(2,8(11)14)12-7(13)5-3-4-15-6(5)10/h3-4H,1-2H3,(H2,11,14)(H,12,13). The minimum Gasteiger partial charge on any atom is -0.368 e. The lowest BCUT2D eigenvalue weighted by Gasteiger charge is -2.21. The third kappa shape index (κ3) is 2.79. The Kier molecular flexibility index (Phi) is 3.51. The predicted octanol–water partition coefficient (Wildman–Crippen LogP) is 1.50. The third-order valence-electron chi connectivity index (χ3n) is 1.90. The lowest BCUT2D eigenvalue weighted by molar-refractivity contribution is -0.122. The Bertz CT molecular complexity index is 401. The molecule has 0 aliphatic heterocycles. The molecule has 0 unspecified atom stereocenters. The highest BCUT2D eigenvalue weighted by atomic mass is 79.9. The second-order valence-electron chi connectivity index (χ2n) is 3.55. The molecule has 0 fully saturated rings. The minimum absolute atomic E-state index is 0.313. The molecule has 0 saturated carbocycles. The number of rotatable bonds is 3. The Morgan fingerprint density at radius 3 is 2.53 bits per heavy atom. The van der Waals surface area contributed by atoms with E-state index in [0.717, 1.165) is 3.79 Å². The van der Waals surface area contributed by atoms with Crippen LogP contribution in [0.5, 0.6) is 0 Å². The molecule has 0 aromatic carbocycles. The largest absolute Gasteiger partial charge is 0.368 e. The van der Waals surface area contributed by atoms with Crippen LogP contribution in [0.4, 0.5) is 0 Å². The third-order valence-corrected chi connectivity index (χ3v) is 3.59. The van der Waals surface area contributed by atoms with Crippen LogP contribution in [-0.4, -0.2) is 17.4 Å². The fraction of sp³-hybridized carbons (Fsp3) is 0.333. The minimum atomic E-state index is -1.04. The molecule has 1 aromatic rings. The highest BCUT2D eigenvalue weighted by Crippen LogP contribution is 2.23. The number of thiophene rings is 1.